The van der Waals surface area contributed by atoms with E-state index in [1.54, 1.807) is 0 Å². The molecule has 5 heteroatoms. The standard InChI is InChI=1S/C28H33N3O2/c1-18-9-10-25-24(15-18)19(2)27(29-25)22-11-13-30(14-12-22)28(33)23-16-26(32)31(17-23)20(3)21-7-5-4-6-8-21/h4-10,15,20,22-23,29H,11-14,16-17H2,1-3H3. The molecule has 33 heavy (non-hydrogen) atoms. The normalized spacial score (nSPS) is 20.6. The van der Waals surface area contributed by atoms with Gasteiger partial charge in [0, 0.05) is 48.6 Å². The number of hydrogen-bond acceptors (Lipinski definition) is 2. The van der Waals surface area contributed by atoms with Crippen molar-refractivity contribution in [1.82, 2.24) is 14.8 Å². The molecule has 0 spiro atoms. The van der Waals surface area contributed by atoms with Gasteiger partial charge >= 0.3 is 0 Å². The molecule has 2 amide bonds. The molecular formula is C28H33N3O2. The van der Waals surface area contributed by atoms with Gasteiger partial charge in [-0.15, -0.1) is 0 Å². The molecular weight excluding hydrogens is 410 g/mol. The molecule has 2 atom stereocenters. The van der Waals surface area contributed by atoms with Gasteiger partial charge in [-0.2, -0.15) is 0 Å². The Balaban J connectivity index is 1.22. The summed E-state index contributed by atoms with van der Waals surface area (Å²) in [6, 6.07) is 16.6. The van der Waals surface area contributed by atoms with Gasteiger partial charge < -0.3 is 14.8 Å². The quantitative estimate of drug-likeness (QED) is 0.610. The number of amides is 2. The van der Waals surface area contributed by atoms with Gasteiger partial charge in [0.15, 0.2) is 0 Å². The van der Waals surface area contributed by atoms with Crippen molar-refractivity contribution in [1.29, 1.82) is 0 Å². The van der Waals surface area contributed by atoms with Crippen molar-refractivity contribution in [3.8, 4) is 0 Å². The van der Waals surface area contributed by atoms with Gasteiger partial charge in [-0.1, -0.05) is 42.0 Å². The number of hydrogen-bond donors (Lipinski definition) is 1. The topological polar surface area (TPSA) is 56.4 Å². The number of carbonyl (C=O) groups excluding carboxylic acids is 2. The monoisotopic (exact) mass is 443 g/mol. The summed E-state index contributed by atoms with van der Waals surface area (Å²) in [5, 5.41) is 1.31. The minimum atomic E-state index is -0.224. The Bertz CT molecular complexity index is 1170. The van der Waals surface area contributed by atoms with Crippen LogP contribution in [0.15, 0.2) is 48.5 Å². The van der Waals surface area contributed by atoms with Crippen LogP contribution in [0.1, 0.15) is 60.5 Å². The fraction of sp³-hybridized carbons (Fsp3) is 0.429. The summed E-state index contributed by atoms with van der Waals surface area (Å²) >= 11 is 0. The molecule has 2 aromatic carbocycles. The van der Waals surface area contributed by atoms with E-state index in [9.17, 15) is 9.59 Å². The lowest BCUT2D eigenvalue weighted by molar-refractivity contribution is -0.136. The maximum Gasteiger partial charge on any atom is 0.227 e. The zero-order valence-corrected chi connectivity index (χ0v) is 19.8. The van der Waals surface area contributed by atoms with Gasteiger partial charge in [-0.25, -0.2) is 0 Å². The lowest BCUT2D eigenvalue weighted by Gasteiger charge is -2.33. The Kier molecular flexibility index (Phi) is 5.73. The Morgan fingerprint density at radius 3 is 2.52 bits per heavy atom. The van der Waals surface area contributed by atoms with E-state index >= 15 is 0 Å². The first-order valence-electron chi connectivity index (χ1n) is 12.1. The number of nitrogens with one attached hydrogen (secondary N) is 1. The molecule has 3 aromatic rings. The minimum Gasteiger partial charge on any atom is -0.358 e. The Hall–Kier alpha value is -3.08. The average molecular weight is 444 g/mol. The average Bonchev–Trinajstić information content (AvgIpc) is 3.39. The van der Waals surface area contributed by atoms with Crippen LogP contribution in [0.5, 0.6) is 0 Å². The molecule has 0 radical (unpaired) electrons. The number of rotatable bonds is 4. The van der Waals surface area contributed by atoms with Gasteiger partial charge in [0.25, 0.3) is 0 Å². The first-order chi connectivity index (χ1) is 15.9. The molecule has 0 bridgehead atoms. The number of aryl methyl sites for hydroxylation is 2. The highest BCUT2D eigenvalue weighted by molar-refractivity contribution is 5.89. The molecule has 5 nitrogen and oxygen atoms in total. The van der Waals surface area contributed by atoms with Crippen molar-refractivity contribution in [2.45, 2.75) is 52.0 Å². The van der Waals surface area contributed by atoms with Crippen LogP contribution in [0.3, 0.4) is 0 Å². The summed E-state index contributed by atoms with van der Waals surface area (Å²) in [6.07, 6.45) is 2.25. The van der Waals surface area contributed by atoms with Crippen LogP contribution in [0.4, 0.5) is 0 Å². The van der Waals surface area contributed by atoms with Crippen LogP contribution in [0.2, 0.25) is 0 Å². The molecule has 3 heterocycles. The van der Waals surface area contributed by atoms with E-state index < -0.39 is 0 Å². The lowest BCUT2D eigenvalue weighted by Crippen LogP contribution is -2.42. The number of likely N-dealkylation sites (tertiary alicyclic amines) is 2. The second-order valence-electron chi connectivity index (χ2n) is 9.85. The summed E-state index contributed by atoms with van der Waals surface area (Å²) < 4.78 is 0. The molecule has 2 saturated heterocycles. The molecule has 0 aliphatic carbocycles. The maximum absolute atomic E-state index is 13.3. The first kappa shape index (κ1) is 21.7. The third-order valence-corrected chi connectivity index (χ3v) is 7.72. The molecule has 2 unspecified atom stereocenters. The summed E-state index contributed by atoms with van der Waals surface area (Å²) in [4.78, 5) is 33.5. The van der Waals surface area contributed by atoms with Crippen LogP contribution in [0, 0.1) is 19.8 Å². The number of nitrogens with zero attached hydrogens (tertiary/aromatic N) is 2. The largest absolute Gasteiger partial charge is 0.358 e. The maximum atomic E-state index is 13.3. The third kappa shape index (κ3) is 4.05. The van der Waals surface area contributed by atoms with Crippen molar-refractivity contribution in [3.63, 3.8) is 0 Å². The van der Waals surface area contributed by atoms with Gasteiger partial charge in [-0.3, -0.25) is 9.59 Å². The highest BCUT2D eigenvalue weighted by atomic mass is 16.2. The number of aromatic nitrogens is 1. The van der Waals surface area contributed by atoms with Gasteiger partial charge in [0.1, 0.15) is 0 Å². The predicted octanol–water partition coefficient (Wildman–Crippen LogP) is 5.10. The number of carbonyl (C=O) groups is 2. The van der Waals surface area contributed by atoms with E-state index in [1.807, 2.05) is 40.1 Å². The van der Waals surface area contributed by atoms with Crippen LogP contribution >= 0.6 is 0 Å². The van der Waals surface area contributed by atoms with Crippen molar-refractivity contribution in [3.05, 3.63) is 70.9 Å². The van der Waals surface area contributed by atoms with Crippen molar-refractivity contribution < 1.29 is 9.59 Å². The number of aromatic amines is 1. The second-order valence-corrected chi connectivity index (χ2v) is 9.85. The second kappa shape index (κ2) is 8.69. The van der Waals surface area contributed by atoms with Crippen LogP contribution in [-0.2, 0) is 9.59 Å². The Morgan fingerprint density at radius 1 is 1.06 bits per heavy atom. The number of fused-ring (bicyclic) bond motifs is 1. The van der Waals surface area contributed by atoms with E-state index in [4.69, 9.17) is 0 Å². The number of piperidine rings is 1. The molecule has 0 saturated carbocycles. The zero-order chi connectivity index (χ0) is 23.1. The first-order valence-corrected chi connectivity index (χ1v) is 12.1. The fourth-order valence-corrected chi connectivity index (χ4v) is 5.70. The number of H-pyrrole nitrogens is 1. The summed E-state index contributed by atoms with van der Waals surface area (Å²) in [5.41, 5.74) is 6.25. The van der Waals surface area contributed by atoms with E-state index in [1.165, 1.54) is 27.7 Å². The Labute approximate surface area is 195 Å². The SMILES string of the molecule is Cc1ccc2[nH]c(C3CCN(C(=O)C4CC(=O)N(C(C)c5ccccc5)C4)CC3)c(C)c2c1. The molecule has 172 valence electrons. The van der Waals surface area contributed by atoms with Crippen molar-refractivity contribution in [2.24, 2.45) is 5.92 Å². The van der Waals surface area contributed by atoms with Crippen LogP contribution < -0.4 is 0 Å². The lowest BCUT2D eigenvalue weighted by atomic mass is 9.90. The smallest absolute Gasteiger partial charge is 0.227 e. The molecule has 5 rings (SSSR count). The summed E-state index contributed by atoms with van der Waals surface area (Å²) in [5.74, 6) is 0.455. The minimum absolute atomic E-state index is 0.00383. The third-order valence-electron chi connectivity index (χ3n) is 7.72. The molecule has 2 aliphatic rings. The molecule has 2 aliphatic heterocycles. The fourth-order valence-electron chi connectivity index (χ4n) is 5.70. The molecule has 2 fully saturated rings. The van der Waals surface area contributed by atoms with Crippen LogP contribution in [-0.4, -0.2) is 46.2 Å². The Morgan fingerprint density at radius 2 is 1.79 bits per heavy atom. The van der Waals surface area contributed by atoms with Gasteiger partial charge in [-0.05, 0) is 56.9 Å². The van der Waals surface area contributed by atoms with Gasteiger partial charge in [0.2, 0.25) is 11.8 Å². The highest BCUT2D eigenvalue weighted by Crippen LogP contribution is 2.35. The summed E-state index contributed by atoms with van der Waals surface area (Å²) in [6.45, 7) is 8.43. The van der Waals surface area contributed by atoms with E-state index in [0.29, 0.717) is 18.9 Å². The van der Waals surface area contributed by atoms with E-state index in [0.717, 1.165) is 31.5 Å². The summed E-state index contributed by atoms with van der Waals surface area (Å²) in [7, 11) is 0. The van der Waals surface area contributed by atoms with E-state index in [-0.39, 0.29) is 23.8 Å². The van der Waals surface area contributed by atoms with Crippen molar-refractivity contribution >= 4 is 22.7 Å². The molecule has 1 aromatic heterocycles. The highest BCUT2D eigenvalue weighted by Gasteiger charge is 2.39. The predicted molar refractivity (Wildman–Crippen MR) is 131 cm³/mol. The number of benzene rings is 2. The van der Waals surface area contributed by atoms with Gasteiger partial charge in [0.05, 0.1) is 12.0 Å². The zero-order valence-electron chi connectivity index (χ0n) is 19.8. The molecule has 1 N–H and O–H groups in total. The van der Waals surface area contributed by atoms with Crippen molar-refractivity contribution in [2.75, 3.05) is 19.6 Å². The van der Waals surface area contributed by atoms with E-state index in [2.05, 4.69) is 44.0 Å². The van der Waals surface area contributed by atoms with Crippen LogP contribution in [0.25, 0.3) is 10.9 Å².